The summed E-state index contributed by atoms with van der Waals surface area (Å²) in [6.45, 7) is 6.84. The summed E-state index contributed by atoms with van der Waals surface area (Å²) in [4.78, 5) is 25.4. The smallest absolute Gasteiger partial charge is 0.305 e. The largest absolute Gasteiger partial charge is 0.469 e. The van der Waals surface area contributed by atoms with Gasteiger partial charge in [-0.05, 0) is 44.9 Å². The van der Waals surface area contributed by atoms with Crippen molar-refractivity contribution < 1.29 is 14.3 Å². The van der Waals surface area contributed by atoms with Crippen LogP contribution in [-0.2, 0) is 22.6 Å². The first-order valence-electron chi connectivity index (χ1n) is 10.5. The molecule has 3 aromatic rings. The van der Waals surface area contributed by atoms with Crippen molar-refractivity contribution in [1.29, 1.82) is 0 Å². The van der Waals surface area contributed by atoms with Crippen molar-refractivity contribution in [2.24, 2.45) is 0 Å². The van der Waals surface area contributed by atoms with Gasteiger partial charge in [0.1, 0.15) is 6.54 Å². The Morgan fingerprint density at radius 2 is 1.77 bits per heavy atom. The number of ketones is 1. The summed E-state index contributed by atoms with van der Waals surface area (Å²) in [6, 6.07) is 9.79. The highest BCUT2D eigenvalue weighted by Gasteiger charge is 2.17. The molecular formula is C23H29N5O3. The van der Waals surface area contributed by atoms with E-state index in [0.717, 1.165) is 48.3 Å². The van der Waals surface area contributed by atoms with Crippen LogP contribution in [0.5, 0.6) is 0 Å². The number of nitrogens with zero attached hydrogens (tertiary/aromatic N) is 5. The molecule has 0 bridgehead atoms. The first-order chi connectivity index (χ1) is 14.9. The first-order valence-corrected chi connectivity index (χ1v) is 10.5. The van der Waals surface area contributed by atoms with Gasteiger partial charge in [-0.15, -0.1) is 10.2 Å². The van der Waals surface area contributed by atoms with Crippen LogP contribution in [-0.4, -0.2) is 43.6 Å². The number of carbonyl (C=O) groups is 2. The summed E-state index contributed by atoms with van der Waals surface area (Å²) in [5.41, 5.74) is 4.69. The number of tetrazole rings is 1. The summed E-state index contributed by atoms with van der Waals surface area (Å²) in [5, 5.41) is 12.5. The van der Waals surface area contributed by atoms with E-state index in [-0.39, 0.29) is 18.3 Å². The average molecular weight is 424 g/mol. The summed E-state index contributed by atoms with van der Waals surface area (Å²) < 4.78 is 6.82. The van der Waals surface area contributed by atoms with Gasteiger partial charge in [-0.1, -0.05) is 36.2 Å². The van der Waals surface area contributed by atoms with Crippen molar-refractivity contribution in [3.05, 3.63) is 52.8 Å². The van der Waals surface area contributed by atoms with Crippen molar-refractivity contribution in [3.8, 4) is 11.4 Å². The lowest BCUT2D eigenvalue weighted by atomic mass is 10.1. The van der Waals surface area contributed by atoms with Gasteiger partial charge in [0.25, 0.3) is 0 Å². The summed E-state index contributed by atoms with van der Waals surface area (Å²) >= 11 is 0. The highest BCUT2D eigenvalue weighted by atomic mass is 16.5. The predicted octanol–water partition coefficient (Wildman–Crippen LogP) is 3.68. The topological polar surface area (TPSA) is 91.9 Å². The molecule has 8 heteroatoms. The Morgan fingerprint density at radius 3 is 2.48 bits per heavy atom. The highest BCUT2D eigenvalue weighted by Crippen LogP contribution is 2.18. The number of Topliss-reactive ketones (excluding diaryl/α,β-unsaturated/α-hetero) is 1. The monoisotopic (exact) mass is 423 g/mol. The zero-order chi connectivity index (χ0) is 22.4. The van der Waals surface area contributed by atoms with Crippen molar-refractivity contribution in [2.45, 2.75) is 59.5 Å². The maximum Gasteiger partial charge on any atom is 0.305 e. The molecule has 0 spiro atoms. The molecule has 0 fully saturated rings. The van der Waals surface area contributed by atoms with Crippen molar-refractivity contribution in [3.63, 3.8) is 0 Å². The van der Waals surface area contributed by atoms with E-state index >= 15 is 0 Å². The maximum absolute atomic E-state index is 12.9. The zero-order valence-corrected chi connectivity index (χ0v) is 18.6. The molecular weight excluding hydrogens is 394 g/mol. The number of methoxy groups -OCH3 is 1. The average Bonchev–Trinajstić information content (AvgIpc) is 3.33. The minimum absolute atomic E-state index is 0.0436. The predicted molar refractivity (Wildman–Crippen MR) is 117 cm³/mol. The van der Waals surface area contributed by atoms with E-state index in [2.05, 4.69) is 24.7 Å². The third kappa shape index (κ3) is 5.65. The second-order valence-corrected chi connectivity index (χ2v) is 7.76. The van der Waals surface area contributed by atoms with Gasteiger partial charge in [0.15, 0.2) is 5.78 Å². The molecule has 0 aliphatic carbocycles. The van der Waals surface area contributed by atoms with Gasteiger partial charge < -0.3 is 9.30 Å². The molecule has 0 aliphatic heterocycles. The number of rotatable bonds is 10. The normalized spacial score (nSPS) is 11.0. The molecule has 0 aliphatic rings. The van der Waals surface area contributed by atoms with E-state index in [1.165, 1.54) is 11.9 Å². The molecule has 0 saturated heterocycles. The van der Waals surface area contributed by atoms with Crippen LogP contribution in [0.3, 0.4) is 0 Å². The van der Waals surface area contributed by atoms with Crippen LogP contribution in [0.15, 0.2) is 30.3 Å². The van der Waals surface area contributed by atoms with Gasteiger partial charge in [0.05, 0.1) is 7.11 Å². The summed E-state index contributed by atoms with van der Waals surface area (Å²) in [5.74, 6) is 0.289. The van der Waals surface area contributed by atoms with E-state index in [1.807, 2.05) is 51.1 Å². The van der Waals surface area contributed by atoms with Gasteiger partial charge in [-0.3, -0.25) is 9.59 Å². The first kappa shape index (κ1) is 22.4. The Kier molecular flexibility index (Phi) is 7.33. The van der Waals surface area contributed by atoms with E-state index in [9.17, 15) is 9.59 Å². The summed E-state index contributed by atoms with van der Waals surface area (Å²) in [7, 11) is 1.41. The molecule has 164 valence electrons. The van der Waals surface area contributed by atoms with Crippen molar-refractivity contribution in [2.75, 3.05) is 7.11 Å². The molecule has 0 radical (unpaired) electrons. The van der Waals surface area contributed by atoms with Crippen molar-refractivity contribution >= 4 is 11.8 Å². The van der Waals surface area contributed by atoms with Crippen LogP contribution < -0.4 is 0 Å². The molecule has 0 amide bonds. The fourth-order valence-corrected chi connectivity index (χ4v) is 3.59. The van der Waals surface area contributed by atoms with Gasteiger partial charge in [0.2, 0.25) is 5.82 Å². The van der Waals surface area contributed by atoms with Crippen LogP contribution in [0, 0.1) is 20.8 Å². The molecule has 31 heavy (non-hydrogen) atoms. The minimum atomic E-state index is -0.173. The number of unbranched alkanes of at least 4 members (excludes halogenated alkanes) is 2. The second-order valence-electron chi connectivity index (χ2n) is 7.76. The lowest BCUT2D eigenvalue weighted by molar-refractivity contribution is -0.140. The minimum Gasteiger partial charge on any atom is -0.469 e. The Bertz CT molecular complexity index is 1050. The fourth-order valence-electron chi connectivity index (χ4n) is 3.59. The van der Waals surface area contributed by atoms with Crippen LogP contribution >= 0.6 is 0 Å². The Morgan fingerprint density at radius 1 is 1.03 bits per heavy atom. The quantitative estimate of drug-likeness (QED) is 0.281. The van der Waals surface area contributed by atoms with Crippen LogP contribution in [0.4, 0.5) is 0 Å². The second kappa shape index (κ2) is 10.1. The maximum atomic E-state index is 12.9. The standard InChI is InChI=1S/C23H29N5O3/c1-16-9-11-19(12-10-16)23-24-26-28(25-23)15-21(29)20-14-17(2)27(18(20)3)13-7-5-6-8-22(30)31-4/h9-12,14H,5-8,13,15H2,1-4H3. The molecule has 1 aromatic carbocycles. The molecule has 3 rings (SSSR count). The van der Waals surface area contributed by atoms with E-state index < -0.39 is 0 Å². The third-order valence-electron chi connectivity index (χ3n) is 5.41. The number of carbonyl (C=O) groups excluding carboxylic acids is 2. The Labute approximate surface area is 182 Å². The number of esters is 1. The Balaban J connectivity index is 1.60. The number of aryl methyl sites for hydroxylation is 2. The SMILES string of the molecule is COC(=O)CCCCCn1c(C)cc(C(=O)Cn2nnc(-c3ccc(C)cc3)n2)c1C. The molecule has 0 saturated carbocycles. The molecule has 2 heterocycles. The lowest BCUT2D eigenvalue weighted by Gasteiger charge is -2.09. The van der Waals surface area contributed by atoms with Crippen LogP contribution in [0.2, 0.25) is 0 Å². The van der Waals surface area contributed by atoms with E-state index in [4.69, 9.17) is 0 Å². The number of hydrogen-bond acceptors (Lipinski definition) is 6. The number of ether oxygens (including phenoxy) is 1. The molecule has 0 atom stereocenters. The third-order valence-corrected chi connectivity index (χ3v) is 5.41. The zero-order valence-electron chi connectivity index (χ0n) is 18.6. The Hall–Kier alpha value is -3.29. The molecule has 0 N–H and O–H groups in total. The molecule has 8 nitrogen and oxygen atoms in total. The lowest BCUT2D eigenvalue weighted by Crippen LogP contribution is -2.14. The number of aromatic nitrogens is 5. The molecule has 0 unspecified atom stereocenters. The van der Waals surface area contributed by atoms with Gasteiger partial charge in [-0.25, -0.2) is 0 Å². The van der Waals surface area contributed by atoms with Crippen LogP contribution in [0.25, 0.3) is 11.4 Å². The van der Waals surface area contributed by atoms with Gasteiger partial charge >= 0.3 is 5.97 Å². The number of benzene rings is 1. The highest BCUT2D eigenvalue weighted by molar-refractivity contribution is 5.97. The van der Waals surface area contributed by atoms with Gasteiger partial charge in [0, 0.05) is 35.5 Å². The molecule has 2 aromatic heterocycles. The van der Waals surface area contributed by atoms with Crippen molar-refractivity contribution in [1.82, 2.24) is 24.8 Å². The summed E-state index contributed by atoms with van der Waals surface area (Å²) in [6.07, 6.45) is 3.12. The number of hydrogen-bond donors (Lipinski definition) is 0. The fraction of sp³-hybridized carbons (Fsp3) is 0.435. The van der Waals surface area contributed by atoms with E-state index in [1.54, 1.807) is 0 Å². The van der Waals surface area contributed by atoms with Crippen LogP contribution in [0.1, 0.15) is 53.0 Å². The van der Waals surface area contributed by atoms with Gasteiger partial charge in [-0.2, -0.15) is 4.80 Å². The van der Waals surface area contributed by atoms with E-state index in [0.29, 0.717) is 17.8 Å².